The summed E-state index contributed by atoms with van der Waals surface area (Å²) in [4.78, 5) is 146. The average molecular weight is 937 g/mol. The molecule has 1 aromatic rings. The first kappa shape index (κ1) is 55.0. The zero-order valence-corrected chi connectivity index (χ0v) is 36.3. The number of nitrogens with one attached hydrogen (secondary N) is 10. The Bertz CT molecular complexity index is 1920. The Morgan fingerprint density at radius 2 is 1.11 bits per heavy atom. The summed E-state index contributed by atoms with van der Waals surface area (Å²) in [6.45, 7) is -1.49. The van der Waals surface area contributed by atoms with E-state index in [9.17, 15) is 72.9 Å². The number of carbonyl (C=O) groups is 12. The number of carbonyl (C=O) groups excluding carboxylic acids is 12. The van der Waals surface area contributed by atoms with Crippen LogP contribution < -0.4 is 53.2 Å². The number of hydrogen-bond donors (Lipinski definition) is 13. The van der Waals surface area contributed by atoms with Crippen molar-refractivity contribution < 1.29 is 82.3 Å². The lowest BCUT2D eigenvalue weighted by atomic mass is 9.95. The molecule has 1 aromatic carbocycles. The molecule has 364 valence electrons. The number of ketones is 1. The fourth-order valence-corrected chi connectivity index (χ4v) is 5.57. The maximum Gasteiger partial charge on any atom is 0.329 e. The van der Waals surface area contributed by atoms with Crippen molar-refractivity contribution in [2.45, 2.75) is 70.2 Å². The summed E-state index contributed by atoms with van der Waals surface area (Å²) < 4.78 is 10.5. The highest BCUT2D eigenvalue weighted by Gasteiger charge is 2.45. The normalized spacial score (nSPS) is 18.3. The van der Waals surface area contributed by atoms with E-state index in [2.05, 4.69) is 53.2 Å². The van der Waals surface area contributed by atoms with Gasteiger partial charge in [0.05, 0.1) is 52.4 Å². The van der Waals surface area contributed by atoms with Gasteiger partial charge in [-0.1, -0.05) is 37.3 Å². The Kier molecular flexibility index (Phi) is 23.9. The lowest BCUT2D eigenvalue weighted by molar-refractivity contribution is -0.203. The van der Waals surface area contributed by atoms with Crippen LogP contribution in [-0.4, -0.2) is 182 Å². The van der Waals surface area contributed by atoms with Crippen LogP contribution >= 0.6 is 0 Å². The molecule has 1 aliphatic rings. The van der Waals surface area contributed by atoms with E-state index in [1.54, 1.807) is 30.3 Å². The van der Waals surface area contributed by atoms with Gasteiger partial charge in [0, 0.05) is 25.7 Å². The SMILES string of the molecule is CC(=O)CNC(=O)CNC(=O)CNC(=O)CNC(=O)CNC(=O)CNC(=O)COC(=O)[C@H](Cc1ccccc1)NC(=O)CNC(=O)[C@@H](C)CC(=O)N[C@@H]1OC(CO)[C@@H](O)C(O)C1NC(C)=O. The van der Waals surface area contributed by atoms with Gasteiger partial charge in [-0.05, 0) is 12.5 Å². The molecule has 0 saturated carbocycles. The van der Waals surface area contributed by atoms with Crippen molar-refractivity contribution in [3.8, 4) is 0 Å². The van der Waals surface area contributed by atoms with Crippen LogP contribution in [0.15, 0.2) is 30.3 Å². The van der Waals surface area contributed by atoms with Crippen molar-refractivity contribution >= 4 is 70.8 Å². The van der Waals surface area contributed by atoms with Gasteiger partial charge >= 0.3 is 5.97 Å². The third-order valence-corrected chi connectivity index (χ3v) is 8.97. The fraction of sp³-hybridized carbons (Fsp3) is 0.538. The molecule has 66 heavy (non-hydrogen) atoms. The van der Waals surface area contributed by atoms with Gasteiger partial charge in [-0.3, -0.25) is 52.7 Å². The highest BCUT2D eigenvalue weighted by atomic mass is 16.5. The van der Waals surface area contributed by atoms with E-state index < -0.39 is 166 Å². The Balaban J connectivity index is 1.78. The molecular formula is C39H56N10O17. The molecule has 10 amide bonds. The molecule has 1 fully saturated rings. The summed E-state index contributed by atoms with van der Waals surface area (Å²) in [5, 5.41) is 52.8. The molecule has 0 aliphatic carbocycles. The minimum atomic E-state index is -1.62. The predicted octanol–water partition coefficient (Wildman–Crippen LogP) is -8.25. The largest absolute Gasteiger partial charge is 0.454 e. The summed E-state index contributed by atoms with van der Waals surface area (Å²) in [6, 6.07) is 5.69. The maximum atomic E-state index is 13.1. The third-order valence-electron chi connectivity index (χ3n) is 8.97. The zero-order valence-electron chi connectivity index (χ0n) is 36.3. The highest BCUT2D eigenvalue weighted by Crippen LogP contribution is 2.20. The van der Waals surface area contributed by atoms with Crippen LogP contribution in [0.25, 0.3) is 0 Å². The quantitative estimate of drug-likeness (QED) is 0.0384. The van der Waals surface area contributed by atoms with Gasteiger partial charge in [-0.2, -0.15) is 0 Å². The van der Waals surface area contributed by atoms with Crippen molar-refractivity contribution in [3.63, 3.8) is 0 Å². The van der Waals surface area contributed by atoms with Gasteiger partial charge in [0.15, 0.2) is 12.8 Å². The standard InChI is InChI=1S/C39H56N10O17/c1-20(9-26(53)49-38-34(47-22(3)52)36(62)35(61)25(18-50)66-38)37(63)46-17-32(59)48-24(10-23-7-5-4-6-8-23)39(64)65-19-33(60)45-16-31(58)44-15-30(57)43-14-29(56)42-13-28(55)41-12-27(54)40-11-21(2)51/h4-8,20,24-25,34-36,38,50,61-62H,9-19H2,1-3H3,(H,40,54)(H,41,55)(H,42,56)(H,43,57)(H,44,58)(H,45,60)(H,46,63)(H,47,52)(H,48,59)(H,49,53)/t20-,24-,25?,34?,35+,36?,38+/m0/s1. The third kappa shape index (κ3) is 21.5. The molecule has 3 unspecified atom stereocenters. The van der Waals surface area contributed by atoms with Gasteiger partial charge in [0.2, 0.25) is 53.2 Å². The average Bonchev–Trinajstić information content (AvgIpc) is 3.27. The molecule has 2 rings (SSSR count). The molecular weight excluding hydrogens is 880 g/mol. The number of amides is 10. The number of rotatable bonds is 26. The van der Waals surface area contributed by atoms with Crippen LogP contribution in [0.4, 0.5) is 0 Å². The van der Waals surface area contributed by atoms with Crippen LogP contribution in [0.5, 0.6) is 0 Å². The van der Waals surface area contributed by atoms with Gasteiger partial charge in [-0.25, -0.2) is 4.79 Å². The summed E-state index contributed by atoms with van der Waals surface area (Å²) in [6.07, 6.45) is -6.46. The molecule has 1 heterocycles. The second-order valence-electron chi connectivity index (χ2n) is 14.7. The fourth-order valence-electron chi connectivity index (χ4n) is 5.57. The van der Waals surface area contributed by atoms with Crippen molar-refractivity contribution in [2.75, 3.05) is 59.0 Å². The second-order valence-corrected chi connectivity index (χ2v) is 14.7. The van der Waals surface area contributed by atoms with Crippen LogP contribution in [0.2, 0.25) is 0 Å². The van der Waals surface area contributed by atoms with E-state index in [1.165, 1.54) is 13.8 Å². The Labute approximate surface area is 377 Å². The van der Waals surface area contributed by atoms with E-state index in [4.69, 9.17) is 9.47 Å². The van der Waals surface area contributed by atoms with E-state index in [0.29, 0.717) is 5.56 Å². The molecule has 0 aromatic heterocycles. The predicted molar refractivity (Wildman–Crippen MR) is 222 cm³/mol. The van der Waals surface area contributed by atoms with Crippen LogP contribution in [0, 0.1) is 5.92 Å². The Morgan fingerprint density at radius 1 is 0.621 bits per heavy atom. The van der Waals surface area contributed by atoms with E-state index in [-0.39, 0.29) is 18.7 Å². The van der Waals surface area contributed by atoms with Crippen molar-refractivity contribution in [1.29, 1.82) is 0 Å². The van der Waals surface area contributed by atoms with Gasteiger partial charge in [0.25, 0.3) is 5.91 Å². The van der Waals surface area contributed by atoms with Gasteiger partial charge < -0.3 is 78.0 Å². The molecule has 1 aliphatic heterocycles. The first-order chi connectivity index (χ1) is 31.2. The van der Waals surface area contributed by atoms with Crippen molar-refractivity contribution in [1.82, 2.24) is 53.2 Å². The number of aliphatic hydroxyl groups excluding tert-OH is 3. The smallest absolute Gasteiger partial charge is 0.329 e. The van der Waals surface area contributed by atoms with Crippen molar-refractivity contribution in [3.05, 3.63) is 35.9 Å². The second kappa shape index (κ2) is 28.6. The molecule has 13 N–H and O–H groups in total. The first-order valence-corrected chi connectivity index (χ1v) is 20.2. The van der Waals surface area contributed by atoms with Gasteiger partial charge in [0.1, 0.15) is 36.2 Å². The van der Waals surface area contributed by atoms with Gasteiger partial charge in [-0.15, -0.1) is 0 Å². The van der Waals surface area contributed by atoms with Crippen molar-refractivity contribution in [2.24, 2.45) is 5.92 Å². The van der Waals surface area contributed by atoms with Crippen LogP contribution in [-0.2, 0) is 73.4 Å². The lowest BCUT2D eigenvalue weighted by Gasteiger charge is -2.42. The monoisotopic (exact) mass is 936 g/mol. The topological polar surface area (TPSA) is 404 Å². The summed E-state index contributed by atoms with van der Waals surface area (Å²) >= 11 is 0. The molecule has 7 atom stereocenters. The van der Waals surface area contributed by atoms with Crippen LogP contribution in [0.1, 0.15) is 32.8 Å². The number of ether oxygens (including phenoxy) is 2. The minimum Gasteiger partial charge on any atom is -0.454 e. The zero-order chi connectivity index (χ0) is 49.3. The Hall–Kier alpha value is -7.10. The highest BCUT2D eigenvalue weighted by molar-refractivity contribution is 5.93. The summed E-state index contributed by atoms with van der Waals surface area (Å²) in [5.41, 5.74) is 0.582. The molecule has 27 nitrogen and oxygen atoms in total. The van der Waals surface area contributed by atoms with E-state index in [0.717, 1.165) is 6.92 Å². The Morgan fingerprint density at radius 3 is 1.59 bits per heavy atom. The number of Topliss-reactive ketones (excluding diaryl/α,β-unsaturated/α-hetero) is 1. The summed E-state index contributed by atoms with van der Waals surface area (Å²) in [7, 11) is 0. The molecule has 0 spiro atoms. The number of benzene rings is 1. The van der Waals surface area contributed by atoms with E-state index >= 15 is 0 Å². The number of aliphatic hydroxyl groups is 3. The molecule has 0 radical (unpaired) electrons. The minimum absolute atomic E-state index is 0.102. The first-order valence-electron chi connectivity index (χ1n) is 20.2. The maximum absolute atomic E-state index is 13.1. The van der Waals surface area contributed by atoms with Crippen LogP contribution in [0.3, 0.4) is 0 Å². The molecule has 1 saturated heterocycles. The van der Waals surface area contributed by atoms with E-state index in [1.807, 2.05) is 0 Å². The number of hydrogen-bond acceptors (Lipinski definition) is 17. The molecule has 27 heteroatoms. The summed E-state index contributed by atoms with van der Waals surface area (Å²) in [5.74, 6) is -10.1. The number of esters is 1. The lowest BCUT2D eigenvalue weighted by Crippen LogP contribution is -2.68. The molecule has 0 bridgehead atoms.